The number of allylic oxidation sites excluding steroid dienone is 1. The number of benzene rings is 1. The summed E-state index contributed by atoms with van der Waals surface area (Å²) in [6.07, 6.45) is 8.35. The molecule has 4 heterocycles. The van der Waals surface area contributed by atoms with E-state index in [2.05, 4.69) is 25.6 Å². The molecular formula is C40H52N8O9S. The molecule has 5 atom stereocenters. The zero-order valence-electron chi connectivity index (χ0n) is 33.7. The van der Waals surface area contributed by atoms with E-state index in [4.69, 9.17) is 19.2 Å². The maximum Gasteiger partial charge on any atom is 0.274 e. The van der Waals surface area contributed by atoms with Crippen molar-refractivity contribution >= 4 is 44.6 Å². The number of nitrogens with one attached hydrogen (secondary N) is 3. The Hall–Kier alpha value is -5.26. The van der Waals surface area contributed by atoms with Gasteiger partial charge in [0.25, 0.3) is 11.8 Å². The number of ether oxygens (including phenoxy) is 3. The quantitative estimate of drug-likeness (QED) is 0.252. The minimum atomic E-state index is -4.01. The highest BCUT2D eigenvalue weighted by Gasteiger charge is 2.63. The number of aryl methyl sites for hydroxylation is 2. The fraction of sp³-hybridized carbons (Fsp3) is 0.575. The van der Waals surface area contributed by atoms with Crippen molar-refractivity contribution in [3.8, 4) is 17.4 Å². The lowest BCUT2D eigenvalue weighted by Gasteiger charge is -2.30. The fourth-order valence-corrected chi connectivity index (χ4v) is 9.10. The summed E-state index contributed by atoms with van der Waals surface area (Å²) in [6, 6.07) is 3.14. The zero-order valence-corrected chi connectivity index (χ0v) is 34.6. The molecular weight excluding hydrogens is 769 g/mol. The number of sulfonamides is 1. The third-order valence-electron chi connectivity index (χ3n) is 11.6. The molecule has 1 saturated heterocycles. The fourth-order valence-electron chi connectivity index (χ4n) is 7.79. The van der Waals surface area contributed by atoms with Crippen molar-refractivity contribution in [1.82, 2.24) is 40.2 Å². The van der Waals surface area contributed by atoms with Gasteiger partial charge in [-0.05, 0) is 78.4 Å². The van der Waals surface area contributed by atoms with E-state index < -0.39 is 68.0 Å². The van der Waals surface area contributed by atoms with Gasteiger partial charge in [-0.1, -0.05) is 25.0 Å². The van der Waals surface area contributed by atoms with E-state index in [1.165, 1.54) is 15.9 Å². The lowest BCUT2D eigenvalue weighted by Crippen LogP contribution is -2.58. The molecule has 0 bridgehead atoms. The maximum atomic E-state index is 14.7. The molecule has 0 spiro atoms. The van der Waals surface area contributed by atoms with Gasteiger partial charge in [-0.15, -0.1) is 5.10 Å². The molecule has 17 nitrogen and oxygen atoms in total. The van der Waals surface area contributed by atoms with Crippen LogP contribution >= 0.6 is 0 Å². The van der Waals surface area contributed by atoms with E-state index >= 15 is 0 Å². The number of aromatic nitrogens is 4. The van der Waals surface area contributed by atoms with Crippen molar-refractivity contribution in [3.63, 3.8) is 0 Å². The van der Waals surface area contributed by atoms with Crippen molar-refractivity contribution < 1.29 is 41.8 Å². The van der Waals surface area contributed by atoms with Crippen LogP contribution in [-0.2, 0) is 31.5 Å². The van der Waals surface area contributed by atoms with Crippen LogP contribution in [0.1, 0.15) is 94.6 Å². The topological polar surface area (TPSA) is 213 Å². The number of fused-ring (bicyclic) bond motifs is 3. The van der Waals surface area contributed by atoms with Crippen LogP contribution in [0.4, 0.5) is 0 Å². The van der Waals surface area contributed by atoms with Gasteiger partial charge in [0, 0.05) is 36.4 Å². The lowest BCUT2D eigenvalue weighted by molar-refractivity contribution is -0.141. The molecule has 2 saturated carbocycles. The second-order valence-electron chi connectivity index (χ2n) is 16.4. The number of amides is 4. The molecule has 7 rings (SSSR count). The van der Waals surface area contributed by atoms with Crippen LogP contribution in [0.15, 0.2) is 36.5 Å². The molecule has 2 aromatic heterocycles. The van der Waals surface area contributed by atoms with Gasteiger partial charge in [0.15, 0.2) is 5.69 Å². The Morgan fingerprint density at radius 3 is 2.57 bits per heavy atom. The number of rotatable bonds is 10. The predicted octanol–water partition coefficient (Wildman–Crippen LogP) is 3.01. The second-order valence-corrected chi connectivity index (χ2v) is 18.6. The first kappa shape index (κ1) is 40.9. The SMILES string of the molecule is COc1ccc2c(O[C@@H]3C[C@H]4C(=O)N[C@]5(C(=O)NS(=O)(=O)C6(C)CC6)C[C@H]5/C=C\CCCCC[C@H](NC(=O)c5cnn(C)n5)C(=O)N4C3)cc(OC(C)C)nc2c1C. The third-order valence-corrected chi connectivity index (χ3v) is 13.8. The first-order valence-electron chi connectivity index (χ1n) is 19.9. The largest absolute Gasteiger partial charge is 0.496 e. The molecule has 4 amide bonds. The van der Waals surface area contributed by atoms with Crippen LogP contribution in [-0.4, -0.2) is 105 Å². The molecule has 4 aliphatic rings. The van der Waals surface area contributed by atoms with Gasteiger partial charge < -0.3 is 29.7 Å². The molecule has 1 aromatic carbocycles. The smallest absolute Gasteiger partial charge is 0.274 e. The number of hydrogen-bond donors (Lipinski definition) is 3. The molecule has 3 aromatic rings. The highest BCUT2D eigenvalue weighted by molar-refractivity contribution is 7.91. The Morgan fingerprint density at radius 1 is 1.10 bits per heavy atom. The monoisotopic (exact) mass is 820 g/mol. The maximum absolute atomic E-state index is 14.7. The van der Waals surface area contributed by atoms with Crippen LogP contribution in [0.25, 0.3) is 10.9 Å². The van der Waals surface area contributed by atoms with E-state index in [9.17, 15) is 27.6 Å². The van der Waals surface area contributed by atoms with Gasteiger partial charge in [0.2, 0.25) is 27.7 Å². The Balaban J connectivity index is 1.23. The summed E-state index contributed by atoms with van der Waals surface area (Å²) in [4.78, 5) is 64.0. The summed E-state index contributed by atoms with van der Waals surface area (Å²) >= 11 is 0. The van der Waals surface area contributed by atoms with E-state index in [-0.39, 0.29) is 31.2 Å². The highest BCUT2D eigenvalue weighted by Crippen LogP contribution is 2.47. The Labute approximate surface area is 337 Å². The van der Waals surface area contributed by atoms with E-state index in [1.54, 1.807) is 27.1 Å². The minimum absolute atomic E-state index is 0.0241. The normalized spacial score (nSPS) is 26.4. The summed E-state index contributed by atoms with van der Waals surface area (Å²) in [5.74, 6) is -1.63. The van der Waals surface area contributed by atoms with Gasteiger partial charge in [-0.25, -0.2) is 13.4 Å². The third kappa shape index (κ3) is 8.20. The van der Waals surface area contributed by atoms with Crippen molar-refractivity contribution in [2.45, 2.75) is 120 Å². The summed E-state index contributed by atoms with van der Waals surface area (Å²) in [7, 11) is -0.858. The van der Waals surface area contributed by atoms with Crippen LogP contribution in [0.2, 0.25) is 0 Å². The average molecular weight is 821 g/mol. The van der Waals surface area contributed by atoms with Crippen LogP contribution in [0, 0.1) is 12.8 Å². The van der Waals surface area contributed by atoms with E-state index in [0.29, 0.717) is 60.4 Å². The number of nitrogens with zero attached hydrogens (tertiary/aromatic N) is 5. The summed E-state index contributed by atoms with van der Waals surface area (Å²) in [5, 5.41) is 14.5. The predicted molar refractivity (Wildman–Crippen MR) is 211 cm³/mol. The number of hydrogen-bond acceptors (Lipinski definition) is 12. The van der Waals surface area contributed by atoms with Gasteiger partial charge in [0.1, 0.15) is 35.2 Å². The van der Waals surface area contributed by atoms with Crippen molar-refractivity contribution in [2.75, 3.05) is 13.7 Å². The molecule has 18 heteroatoms. The van der Waals surface area contributed by atoms with E-state index in [1.807, 2.05) is 45.1 Å². The molecule has 3 fully saturated rings. The van der Waals surface area contributed by atoms with Crippen molar-refractivity contribution in [2.24, 2.45) is 13.0 Å². The number of carbonyl (C=O) groups is 4. The van der Waals surface area contributed by atoms with Crippen LogP contribution < -0.4 is 29.6 Å². The Kier molecular flexibility index (Phi) is 11.2. The Morgan fingerprint density at radius 2 is 1.88 bits per heavy atom. The molecule has 58 heavy (non-hydrogen) atoms. The molecule has 3 N–H and O–H groups in total. The summed E-state index contributed by atoms with van der Waals surface area (Å²) in [6.45, 7) is 7.19. The molecule has 2 aliphatic carbocycles. The Bertz CT molecular complexity index is 2250. The van der Waals surface area contributed by atoms with Crippen LogP contribution in [0.5, 0.6) is 17.4 Å². The summed E-state index contributed by atoms with van der Waals surface area (Å²) in [5.41, 5.74) is -0.146. The standard InChI is InChI=1S/C40H52N8O9S/c1-23(2)56-33-19-32(27-14-15-31(55-6)24(3)34(27)43-33)57-26-18-30-36(50)44-40(38(52)46-58(53,54)39(4)16-17-39)20-25(40)12-10-8-7-9-11-13-28(37(51)48(30)22-26)42-35(49)29-21-41-47(5)45-29/h10,12,14-15,19,21,23,25-26,28,30H,7-9,11,13,16-18,20,22H2,1-6H3,(H,42,49)(H,44,50)(H,46,52)/b12-10-/t25-,26-,28+,30+,40-/m1/s1. The van der Waals surface area contributed by atoms with E-state index in [0.717, 1.165) is 18.4 Å². The number of carbonyl (C=O) groups excluding carboxylic acids is 4. The molecule has 0 unspecified atom stereocenters. The molecule has 0 radical (unpaired) electrons. The molecule has 2 aliphatic heterocycles. The van der Waals surface area contributed by atoms with Gasteiger partial charge in [-0.3, -0.25) is 23.9 Å². The number of pyridine rings is 1. The van der Waals surface area contributed by atoms with Gasteiger partial charge in [0.05, 0.1) is 36.2 Å². The zero-order chi connectivity index (χ0) is 41.6. The first-order valence-corrected chi connectivity index (χ1v) is 21.4. The summed E-state index contributed by atoms with van der Waals surface area (Å²) < 4.78 is 45.9. The van der Waals surface area contributed by atoms with Gasteiger partial charge >= 0.3 is 0 Å². The number of methoxy groups -OCH3 is 1. The molecule has 312 valence electrons. The van der Waals surface area contributed by atoms with Crippen molar-refractivity contribution in [1.29, 1.82) is 0 Å². The van der Waals surface area contributed by atoms with Crippen molar-refractivity contribution in [3.05, 3.63) is 47.8 Å². The highest BCUT2D eigenvalue weighted by atomic mass is 32.2. The van der Waals surface area contributed by atoms with Gasteiger partial charge in [-0.2, -0.15) is 9.90 Å². The second kappa shape index (κ2) is 15.8. The average Bonchev–Trinajstić information content (AvgIpc) is 3.97. The lowest BCUT2D eigenvalue weighted by atomic mass is 10.0. The minimum Gasteiger partial charge on any atom is -0.496 e. The van der Waals surface area contributed by atoms with Crippen LogP contribution in [0.3, 0.4) is 0 Å². The first-order chi connectivity index (χ1) is 27.5.